The first-order chi connectivity index (χ1) is 6.71. The van der Waals surface area contributed by atoms with Crippen molar-refractivity contribution in [1.82, 2.24) is 0 Å². The van der Waals surface area contributed by atoms with Crippen LogP contribution in [0.4, 0.5) is 0 Å². The van der Waals surface area contributed by atoms with Gasteiger partial charge in [0.25, 0.3) is 0 Å². The molecule has 0 radical (unpaired) electrons. The largest absolute Gasteiger partial charge is 0.393 e. The molecule has 0 aliphatic heterocycles. The second-order valence-corrected chi connectivity index (χ2v) is 5.65. The minimum atomic E-state index is -0.493. The Labute approximate surface area is 85.3 Å². The third-order valence-corrected chi connectivity index (χ3v) is 4.94. The van der Waals surface area contributed by atoms with E-state index in [1.54, 1.807) is 0 Å². The Morgan fingerprint density at radius 1 is 1.07 bits per heavy atom. The molecule has 0 aromatic carbocycles. The molecule has 5 atom stereocenters. The van der Waals surface area contributed by atoms with E-state index in [-0.39, 0.29) is 12.0 Å². The number of fused-ring (bicyclic) bond motifs is 5. The van der Waals surface area contributed by atoms with Gasteiger partial charge in [0.2, 0.25) is 0 Å². The summed E-state index contributed by atoms with van der Waals surface area (Å²) in [5.41, 5.74) is -0.493. The lowest BCUT2D eigenvalue weighted by molar-refractivity contribution is -0.0837. The van der Waals surface area contributed by atoms with Crippen molar-refractivity contribution in [2.45, 2.75) is 56.7 Å². The molecule has 3 rings (SSSR count). The van der Waals surface area contributed by atoms with E-state index in [0.29, 0.717) is 11.8 Å². The Balaban J connectivity index is 1.94. The van der Waals surface area contributed by atoms with E-state index in [2.05, 4.69) is 0 Å². The average molecular weight is 196 g/mol. The van der Waals surface area contributed by atoms with Crippen LogP contribution in [0.15, 0.2) is 0 Å². The van der Waals surface area contributed by atoms with Gasteiger partial charge in [0, 0.05) is 5.92 Å². The molecule has 80 valence electrons. The molecule has 2 bridgehead atoms. The van der Waals surface area contributed by atoms with Gasteiger partial charge < -0.3 is 10.2 Å². The average Bonchev–Trinajstić information content (AvgIpc) is 2.36. The number of hydrogen-bond acceptors (Lipinski definition) is 2. The van der Waals surface area contributed by atoms with Crippen LogP contribution in [0.1, 0.15) is 44.9 Å². The summed E-state index contributed by atoms with van der Waals surface area (Å²) >= 11 is 0. The Bertz CT molecular complexity index is 240. The Morgan fingerprint density at radius 2 is 1.93 bits per heavy atom. The van der Waals surface area contributed by atoms with E-state index >= 15 is 0 Å². The van der Waals surface area contributed by atoms with Crippen molar-refractivity contribution in [2.24, 2.45) is 17.8 Å². The van der Waals surface area contributed by atoms with Crippen LogP contribution in [0, 0.1) is 17.8 Å². The lowest BCUT2D eigenvalue weighted by Crippen LogP contribution is -2.44. The highest BCUT2D eigenvalue weighted by molar-refractivity contribution is 5.07. The summed E-state index contributed by atoms with van der Waals surface area (Å²) in [5, 5.41) is 20.6. The number of aliphatic hydroxyl groups excluding tert-OH is 1. The van der Waals surface area contributed by atoms with Crippen molar-refractivity contribution < 1.29 is 10.2 Å². The van der Waals surface area contributed by atoms with Gasteiger partial charge in [0.05, 0.1) is 11.7 Å². The first-order valence-electron chi connectivity index (χ1n) is 6.11. The van der Waals surface area contributed by atoms with Crippen molar-refractivity contribution >= 4 is 0 Å². The van der Waals surface area contributed by atoms with Crippen LogP contribution >= 0.6 is 0 Å². The van der Waals surface area contributed by atoms with Crippen molar-refractivity contribution in [2.75, 3.05) is 0 Å². The summed E-state index contributed by atoms with van der Waals surface area (Å²) in [5.74, 6) is 1.56. The molecule has 2 heteroatoms. The highest BCUT2D eigenvalue weighted by Gasteiger charge is 2.57. The molecule has 0 aromatic rings. The molecule has 14 heavy (non-hydrogen) atoms. The number of hydrogen-bond donors (Lipinski definition) is 2. The van der Waals surface area contributed by atoms with Gasteiger partial charge in [-0.15, -0.1) is 0 Å². The summed E-state index contributed by atoms with van der Waals surface area (Å²) in [6, 6.07) is 0. The van der Waals surface area contributed by atoms with E-state index in [0.717, 1.165) is 25.7 Å². The number of aliphatic hydroxyl groups is 2. The Hall–Kier alpha value is -0.0800. The summed E-state index contributed by atoms with van der Waals surface area (Å²) in [6.45, 7) is 0. The molecule has 0 aromatic heterocycles. The Kier molecular flexibility index (Phi) is 1.94. The lowest BCUT2D eigenvalue weighted by atomic mass is 9.73. The molecular formula is C12H20O2. The molecule has 3 aliphatic rings. The Morgan fingerprint density at radius 3 is 2.79 bits per heavy atom. The molecule has 2 N–H and O–H groups in total. The van der Waals surface area contributed by atoms with Crippen LogP contribution in [-0.2, 0) is 0 Å². The standard InChI is InChI=1S/C12H20O2/c13-10-5-1-4-9-8-3-2-6-12(14,7-8)11(9)10/h8-11,13-14H,1-7H2/t8-,9+,10-,11-,12-/m0/s1. The first kappa shape index (κ1) is 9.17. The molecule has 2 nitrogen and oxygen atoms in total. The van der Waals surface area contributed by atoms with Gasteiger partial charge in [-0.05, 0) is 43.9 Å². The van der Waals surface area contributed by atoms with E-state index in [1.165, 1.54) is 19.3 Å². The fourth-order valence-electron chi connectivity index (χ4n) is 4.49. The predicted molar refractivity (Wildman–Crippen MR) is 53.7 cm³/mol. The zero-order valence-corrected chi connectivity index (χ0v) is 8.65. The lowest BCUT2D eigenvalue weighted by Gasteiger charge is -2.38. The highest BCUT2D eigenvalue weighted by atomic mass is 16.3. The third-order valence-electron chi connectivity index (χ3n) is 4.94. The highest BCUT2D eigenvalue weighted by Crippen LogP contribution is 2.57. The van der Waals surface area contributed by atoms with Crippen LogP contribution in [0.5, 0.6) is 0 Å². The third kappa shape index (κ3) is 1.10. The molecule has 0 heterocycles. The fraction of sp³-hybridized carbons (Fsp3) is 1.00. The molecule has 0 unspecified atom stereocenters. The van der Waals surface area contributed by atoms with Gasteiger partial charge in [-0.2, -0.15) is 0 Å². The second-order valence-electron chi connectivity index (χ2n) is 5.65. The SMILES string of the molecule is O[C@H]1CCC[C@@H]2[C@H]3CCC[C@](O)(C3)[C@@H]21. The smallest absolute Gasteiger partial charge is 0.0706 e. The monoisotopic (exact) mass is 196 g/mol. The van der Waals surface area contributed by atoms with Crippen LogP contribution < -0.4 is 0 Å². The molecular weight excluding hydrogens is 176 g/mol. The van der Waals surface area contributed by atoms with Gasteiger partial charge in [-0.3, -0.25) is 0 Å². The molecule has 3 saturated carbocycles. The molecule has 0 saturated heterocycles. The zero-order chi connectivity index (χ0) is 9.76. The van der Waals surface area contributed by atoms with Gasteiger partial charge in [-0.25, -0.2) is 0 Å². The van der Waals surface area contributed by atoms with Gasteiger partial charge in [0.15, 0.2) is 0 Å². The van der Waals surface area contributed by atoms with Crippen LogP contribution in [0.25, 0.3) is 0 Å². The van der Waals surface area contributed by atoms with Gasteiger partial charge >= 0.3 is 0 Å². The quantitative estimate of drug-likeness (QED) is 0.619. The van der Waals surface area contributed by atoms with Crippen LogP contribution in [0.3, 0.4) is 0 Å². The minimum Gasteiger partial charge on any atom is -0.393 e. The van der Waals surface area contributed by atoms with Crippen molar-refractivity contribution in [3.63, 3.8) is 0 Å². The van der Waals surface area contributed by atoms with E-state index in [1.807, 2.05) is 0 Å². The van der Waals surface area contributed by atoms with Crippen LogP contribution in [-0.4, -0.2) is 21.9 Å². The zero-order valence-electron chi connectivity index (χ0n) is 8.65. The summed E-state index contributed by atoms with van der Waals surface area (Å²) < 4.78 is 0. The molecule has 0 amide bonds. The summed E-state index contributed by atoms with van der Waals surface area (Å²) in [7, 11) is 0. The fourth-order valence-corrected chi connectivity index (χ4v) is 4.49. The van der Waals surface area contributed by atoms with E-state index < -0.39 is 5.60 Å². The molecule has 3 aliphatic carbocycles. The summed E-state index contributed by atoms with van der Waals surface area (Å²) in [4.78, 5) is 0. The van der Waals surface area contributed by atoms with Gasteiger partial charge in [0.1, 0.15) is 0 Å². The normalized spacial score (nSPS) is 57.0. The first-order valence-corrected chi connectivity index (χ1v) is 6.11. The second kappa shape index (κ2) is 2.96. The van der Waals surface area contributed by atoms with Gasteiger partial charge in [-0.1, -0.05) is 12.8 Å². The maximum Gasteiger partial charge on any atom is 0.0706 e. The van der Waals surface area contributed by atoms with Crippen molar-refractivity contribution in [3.8, 4) is 0 Å². The van der Waals surface area contributed by atoms with E-state index in [9.17, 15) is 10.2 Å². The van der Waals surface area contributed by atoms with Crippen molar-refractivity contribution in [3.05, 3.63) is 0 Å². The topological polar surface area (TPSA) is 40.5 Å². The predicted octanol–water partition coefficient (Wildman–Crippen LogP) is 1.70. The molecule has 0 spiro atoms. The van der Waals surface area contributed by atoms with E-state index in [4.69, 9.17) is 0 Å². The van der Waals surface area contributed by atoms with Crippen molar-refractivity contribution in [1.29, 1.82) is 0 Å². The minimum absolute atomic E-state index is 0.212. The summed E-state index contributed by atoms with van der Waals surface area (Å²) in [6.07, 6.45) is 7.46. The maximum atomic E-state index is 10.5. The maximum absolute atomic E-state index is 10.5. The van der Waals surface area contributed by atoms with Crippen LogP contribution in [0.2, 0.25) is 0 Å². The number of rotatable bonds is 0. The molecule has 3 fully saturated rings.